The smallest absolute Gasteiger partial charge is 0.417 e. The highest BCUT2D eigenvalue weighted by molar-refractivity contribution is 6.32. The summed E-state index contributed by atoms with van der Waals surface area (Å²) in [7, 11) is 0. The molecular weight excluding hydrogens is 497 g/mol. The van der Waals surface area contributed by atoms with Crippen LogP contribution in [0.5, 0.6) is 17.2 Å². The van der Waals surface area contributed by atoms with Gasteiger partial charge in [-0.25, -0.2) is 8.78 Å². The van der Waals surface area contributed by atoms with Gasteiger partial charge in [0.1, 0.15) is 30.0 Å². The van der Waals surface area contributed by atoms with Crippen LogP contribution in [0, 0.1) is 18.6 Å². The predicted octanol–water partition coefficient (Wildman–Crippen LogP) is 6.77. The van der Waals surface area contributed by atoms with E-state index in [2.05, 4.69) is 5.32 Å². The van der Waals surface area contributed by atoms with Crippen molar-refractivity contribution >= 4 is 23.2 Å². The molecule has 1 aliphatic rings. The number of carbonyl (C=O) groups excluding carboxylic acids is 1. The Morgan fingerprint density at radius 3 is 2.49 bits per heavy atom. The van der Waals surface area contributed by atoms with Gasteiger partial charge in [-0.15, -0.1) is 0 Å². The van der Waals surface area contributed by atoms with Crippen molar-refractivity contribution in [3.8, 4) is 17.2 Å². The second-order valence-corrected chi connectivity index (χ2v) is 8.11. The number of alkyl halides is 3. The van der Waals surface area contributed by atoms with Crippen molar-refractivity contribution in [1.29, 1.82) is 0 Å². The summed E-state index contributed by atoms with van der Waals surface area (Å²) in [5.74, 6) is -2.67. The highest BCUT2D eigenvalue weighted by Gasteiger charge is 2.35. The third kappa shape index (κ3) is 6.01. The topological polar surface area (TPSA) is 60.1 Å². The van der Waals surface area contributed by atoms with Gasteiger partial charge in [0.2, 0.25) is 0 Å². The molecule has 0 aromatic heterocycles. The SMILES string of the molecule is Cc1cc(F)ccc1Oc1cc(C(F)(F)F)c(Cl)cc1C(=O)Nc1ccc(F)c(OC[C@H]2CO2)c1. The number of anilines is 1. The average molecular weight is 514 g/mol. The minimum Gasteiger partial charge on any atom is -0.488 e. The molecule has 1 heterocycles. The molecule has 1 fully saturated rings. The Kier molecular flexibility index (Phi) is 6.86. The number of carbonyl (C=O) groups is 1. The van der Waals surface area contributed by atoms with Crippen LogP contribution < -0.4 is 14.8 Å². The molecular formula is C24H17ClF5NO4. The quantitative estimate of drug-likeness (QED) is 0.280. The van der Waals surface area contributed by atoms with E-state index in [1.54, 1.807) is 0 Å². The van der Waals surface area contributed by atoms with Crippen LogP contribution >= 0.6 is 11.6 Å². The van der Waals surface area contributed by atoms with Crippen molar-refractivity contribution in [2.24, 2.45) is 0 Å². The molecule has 1 aliphatic heterocycles. The van der Waals surface area contributed by atoms with E-state index in [0.29, 0.717) is 18.2 Å². The molecule has 0 spiro atoms. The maximum Gasteiger partial charge on any atom is 0.417 e. The van der Waals surface area contributed by atoms with Crippen LogP contribution in [0.1, 0.15) is 21.5 Å². The molecule has 1 saturated heterocycles. The summed E-state index contributed by atoms with van der Waals surface area (Å²) < 4.78 is 83.7. The lowest BCUT2D eigenvalue weighted by Gasteiger charge is -2.17. The molecule has 0 saturated carbocycles. The molecule has 1 N–H and O–H groups in total. The fourth-order valence-corrected chi connectivity index (χ4v) is 3.39. The van der Waals surface area contributed by atoms with Gasteiger partial charge in [-0.05, 0) is 55.0 Å². The van der Waals surface area contributed by atoms with Gasteiger partial charge in [0.25, 0.3) is 5.91 Å². The highest BCUT2D eigenvalue weighted by atomic mass is 35.5. The lowest BCUT2D eigenvalue weighted by Crippen LogP contribution is -2.15. The molecule has 3 aromatic rings. The van der Waals surface area contributed by atoms with Gasteiger partial charge in [-0.2, -0.15) is 13.2 Å². The van der Waals surface area contributed by atoms with E-state index in [4.69, 9.17) is 25.8 Å². The van der Waals surface area contributed by atoms with E-state index in [1.165, 1.54) is 25.1 Å². The number of benzene rings is 3. The third-order valence-corrected chi connectivity index (χ3v) is 5.31. The van der Waals surface area contributed by atoms with Gasteiger partial charge in [0, 0.05) is 11.8 Å². The Morgan fingerprint density at radius 2 is 1.83 bits per heavy atom. The van der Waals surface area contributed by atoms with E-state index in [9.17, 15) is 26.7 Å². The van der Waals surface area contributed by atoms with Crippen LogP contribution in [0.3, 0.4) is 0 Å². The number of hydrogen-bond donors (Lipinski definition) is 1. The largest absolute Gasteiger partial charge is 0.488 e. The van der Waals surface area contributed by atoms with Gasteiger partial charge in [-0.1, -0.05) is 11.6 Å². The molecule has 4 rings (SSSR count). The maximum atomic E-state index is 14.0. The van der Waals surface area contributed by atoms with Crippen molar-refractivity contribution in [2.75, 3.05) is 18.5 Å². The molecule has 3 aromatic carbocycles. The summed E-state index contributed by atoms with van der Waals surface area (Å²) in [5.41, 5.74) is -1.14. The van der Waals surface area contributed by atoms with Gasteiger partial charge in [0.15, 0.2) is 11.6 Å². The Hall–Kier alpha value is -3.37. The number of ether oxygens (including phenoxy) is 3. The number of amides is 1. The molecule has 11 heteroatoms. The molecule has 0 bridgehead atoms. The van der Waals surface area contributed by atoms with Gasteiger partial charge in [0.05, 0.1) is 22.8 Å². The Bertz CT molecular complexity index is 1280. The van der Waals surface area contributed by atoms with E-state index >= 15 is 0 Å². The Balaban J connectivity index is 1.66. The fourth-order valence-electron chi connectivity index (χ4n) is 3.12. The summed E-state index contributed by atoms with van der Waals surface area (Å²) in [4.78, 5) is 13.0. The van der Waals surface area contributed by atoms with E-state index in [1.807, 2.05) is 0 Å². The second kappa shape index (κ2) is 9.71. The van der Waals surface area contributed by atoms with Gasteiger partial charge in [-0.3, -0.25) is 4.79 Å². The zero-order valence-corrected chi connectivity index (χ0v) is 18.8. The number of halogens is 6. The molecule has 184 valence electrons. The third-order valence-electron chi connectivity index (χ3n) is 4.99. The minimum atomic E-state index is -4.82. The van der Waals surface area contributed by atoms with Crippen molar-refractivity contribution in [3.63, 3.8) is 0 Å². The standard InChI is InChI=1S/C24H17ClF5NO4/c1-12-6-13(26)2-5-20(12)35-21-9-17(24(28,29)30)18(25)8-16(21)23(32)31-14-3-4-19(27)22(7-14)34-11-15-10-33-15/h2-9,15H,10-11H2,1H3,(H,31,32)/t15-/m1/s1. The van der Waals surface area contributed by atoms with Gasteiger partial charge < -0.3 is 19.5 Å². The van der Waals surface area contributed by atoms with Crippen LogP contribution in [-0.4, -0.2) is 25.2 Å². The fraction of sp³-hybridized carbons (Fsp3) is 0.208. The predicted molar refractivity (Wildman–Crippen MR) is 117 cm³/mol. The number of nitrogens with one attached hydrogen (secondary N) is 1. The van der Waals surface area contributed by atoms with Gasteiger partial charge >= 0.3 is 6.18 Å². The lowest BCUT2D eigenvalue weighted by molar-refractivity contribution is -0.137. The summed E-state index contributed by atoms with van der Waals surface area (Å²) in [5, 5.41) is 1.74. The first kappa shape index (κ1) is 24.7. The molecule has 0 aliphatic carbocycles. The lowest BCUT2D eigenvalue weighted by atomic mass is 10.1. The Labute approximate surface area is 201 Å². The summed E-state index contributed by atoms with van der Waals surface area (Å²) >= 11 is 5.82. The van der Waals surface area contributed by atoms with E-state index in [-0.39, 0.29) is 35.5 Å². The van der Waals surface area contributed by atoms with Crippen LogP contribution in [0.25, 0.3) is 0 Å². The highest BCUT2D eigenvalue weighted by Crippen LogP contribution is 2.40. The molecule has 5 nitrogen and oxygen atoms in total. The molecule has 0 radical (unpaired) electrons. The molecule has 35 heavy (non-hydrogen) atoms. The van der Waals surface area contributed by atoms with Crippen molar-refractivity contribution in [2.45, 2.75) is 19.2 Å². The minimum absolute atomic E-state index is 0.0376. The monoisotopic (exact) mass is 513 g/mol. The summed E-state index contributed by atoms with van der Waals surface area (Å²) in [6.45, 7) is 2.12. The van der Waals surface area contributed by atoms with Crippen LogP contribution in [0.4, 0.5) is 27.6 Å². The average Bonchev–Trinajstić information content (AvgIpc) is 3.60. The normalized spacial score (nSPS) is 15.0. The van der Waals surface area contributed by atoms with Crippen LogP contribution in [0.2, 0.25) is 5.02 Å². The first-order valence-corrected chi connectivity index (χ1v) is 10.6. The first-order valence-electron chi connectivity index (χ1n) is 10.2. The number of rotatable bonds is 7. The van der Waals surface area contributed by atoms with Crippen molar-refractivity contribution < 1.29 is 41.0 Å². The number of hydrogen-bond acceptors (Lipinski definition) is 4. The zero-order valence-electron chi connectivity index (χ0n) is 18.0. The number of epoxide rings is 1. The maximum absolute atomic E-state index is 14.0. The zero-order chi connectivity index (χ0) is 25.3. The molecule has 1 atom stereocenters. The van der Waals surface area contributed by atoms with Crippen molar-refractivity contribution in [1.82, 2.24) is 0 Å². The Morgan fingerprint density at radius 1 is 1.09 bits per heavy atom. The van der Waals surface area contributed by atoms with E-state index in [0.717, 1.165) is 24.3 Å². The summed E-state index contributed by atoms with van der Waals surface area (Å²) in [6.07, 6.45) is -4.95. The van der Waals surface area contributed by atoms with Crippen LogP contribution in [-0.2, 0) is 10.9 Å². The van der Waals surface area contributed by atoms with Crippen molar-refractivity contribution in [3.05, 3.63) is 81.9 Å². The van der Waals surface area contributed by atoms with Crippen LogP contribution in [0.15, 0.2) is 48.5 Å². The molecule has 0 unspecified atom stereocenters. The number of aryl methyl sites for hydroxylation is 1. The molecule has 1 amide bonds. The van der Waals surface area contributed by atoms with E-state index < -0.39 is 40.1 Å². The second-order valence-electron chi connectivity index (χ2n) is 7.70. The summed E-state index contributed by atoms with van der Waals surface area (Å²) in [6, 6.07) is 8.38. The first-order chi connectivity index (χ1) is 16.5.